The van der Waals surface area contributed by atoms with Crippen LogP contribution < -0.4 is 0 Å². The number of sulfone groups is 1. The second-order valence-electron chi connectivity index (χ2n) is 7.86. The smallest absolute Gasteiger partial charge is 0.325 e. The van der Waals surface area contributed by atoms with Crippen LogP contribution in [-0.2, 0) is 32.3 Å². The van der Waals surface area contributed by atoms with Gasteiger partial charge in [-0.2, -0.15) is 0 Å². The fraction of sp³-hybridized carbons (Fsp3) is 0.192. The number of fused-ring (bicyclic) bond motifs is 1. The van der Waals surface area contributed by atoms with Crippen LogP contribution >= 0.6 is 0 Å². The molecule has 0 N–H and O–H groups in total. The van der Waals surface area contributed by atoms with Crippen LogP contribution in [0.1, 0.15) is 23.7 Å². The summed E-state index contributed by atoms with van der Waals surface area (Å²) in [5, 5.41) is 0.593. The zero-order valence-electron chi connectivity index (χ0n) is 18.7. The molecule has 1 heterocycles. The Hall–Kier alpha value is -3.52. The summed E-state index contributed by atoms with van der Waals surface area (Å²) in [5.41, 5.74) is 2.58. The molecule has 0 aliphatic rings. The van der Waals surface area contributed by atoms with Gasteiger partial charge in [-0.3, -0.25) is 4.79 Å². The predicted molar refractivity (Wildman–Crippen MR) is 124 cm³/mol. The number of carbonyl (C=O) groups is 1. The maximum Gasteiger partial charge on any atom is 0.325 e. The van der Waals surface area contributed by atoms with Gasteiger partial charge in [0.15, 0.2) is 0 Å². The van der Waals surface area contributed by atoms with Crippen LogP contribution in [0.3, 0.4) is 0 Å². The van der Waals surface area contributed by atoms with Gasteiger partial charge in [-0.25, -0.2) is 17.2 Å². The average Bonchev–Trinajstić information content (AvgIpc) is 3.05. The average molecular weight is 484 g/mol. The monoisotopic (exact) mass is 483 g/mol. The Labute approximate surface area is 196 Å². The van der Waals surface area contributed by atoms with E-state index in [1.165, 1.54) is 30.3 Å². The highest BCUT2D eigenvalue weighted by molar-refractivity contribution is 7.91. The van der Waals surface area contributed by atoms with Crippen molar-refractivity contribution in [3.05, 3.63) is 95.2 Å². The lowest BCUT2D eigenvalue weighted by Crippen LogP contribution is -2.14. The standard InChI is InChI=1S/C26H23F2NO4S/c1-3-33-26(30)16-29-17(2)22(23-15-20(28)10-13-24(23)29)14-18-6-4-5-7-25(18)34(31,32)21-11-8-19(27)9-12-21/h4-13,15H,3,14,16H2,1-2H3. The number of hydrogen-bond acceptors (Lipinski definition) is 4. The summed E-state index contributed by atoms with van der Waals surface area (Å²) in [6.07, 6.45) is 0.193. The predicted octanol–water partition coefficient (Wildman–Crippen LogP) is 5.21. The van der Waals surface area contributed by atoms with Gasteiger partial charge in [0.2, 0.25) is 9.84 Å². The van der Waals surface area contributed by atoms with Gasteiger partial charge in [0.1, 0.15) is 18.2 Å². The Morgan fingerprint density at radius 1 is 0.971 bits per heavy atom. The van der Waals surface area contributed by atoms with Crippen molar-refractivity contribution in [3.63, 3.8) is 0 Å². The normalized spacial score (nSPS) is 11.6. The van der Waals surface area contributed by atoms with E-state index in [1.807, 2.05) is 6.92 Å². The van der Waals surface area contributed by atoms with Crippen molar-refractivity contribution in [2.75, 3.05) is 6.61 Å². The molecule has 8 heteroatoms. The third-order valence-corrected chi connectivity index (χ3v) is 7.63. The fourth-order valence-electron chi connectivity index (χ4n) is 4.13. The molecule has 4 aromatic rings. The molecule has 176 valence electrons. The van der Waals surface area contributed by atoms with Gasteiger partial charge in [0, 0.05) is 23.0 Å². The third kappa shape index (κ3) is 4.46. The molecule has 0 aliphatic carbocycles. The number of ether oxygens (including phenoxy) is 1. The molecule has 4 rings (SSSR count). The summed E-state index contributed by atoms with van der Waals surface area (Å²) in [4.78, 5) is 12.3. The second-order valence-corrected chi connectivity index (χ2v) is 9.78. The Balaban J connectivity index is 1.83. The zero-order valence-corrected chi connectivity index (χ0v) is 19.5. The van der Waals surface area contributed by atoms with E-state index < -0.39 is 27.4 Å². The minimum absolute atomic E-state index is 0.0196. The molecular formula is C26H23F2NO4S. The molecule has 3 aromatic carbocycles. The number of nitrogens with zero attached hydrogens (tertiary/aromatic N) is 1. The lowest BCUT2D eigenvalue weighted by molar-refractivity contribution is -0.143. The summed E-state index contributed by atoms with van der Waals surface area (Å²) < 4.78 is 61.0. The summed E-state index contributed by atoms with van der Waals surface area (Å²) in [7, 11) is -3.92. The SMILES string of the molecule is CCOC(=O)Cn1c(C)c(Cc2ccccc2S(=O)(=O)c2ccc(F)cc2)c2cc(F)ccc21. The van der Waals surface area contributed by atoms with Gasteiger partial charge in [0.25, 0.3) is 0 Å². The number of hydrogen-bond donors (Lipinski definition) is 0. The summed E-state index contributed by atoms with van der Waals surface area (Å²) in [6, 6.07) is 15.5. The summed E-state index contributed by atoms with van der Waals surface area (Å²) in [5.74, 6) is -1.38. The van der Waals surface area contributed by atoms with E-state index in [9.17, 15) is 22.0 Å². The lowest BCUT2D eigenvalue weighted by Gasteiger charge is -2.12. The zero-order chi connectivity index (χ0) is 24.5. The van der Waals surface area contributed by atoms with Gasteiger partial charge in [-0.1, -0.05) is 18.2 Å². The van der Waals surface area contributed by atoms with Gasteiger partial charge in [-0.05, 0) is 73.5 Å². The van der Waals surface area contributed by atoms with E-state index in [1.54, 1.807) is 35.8 Å². The number of halogens is 2. The first kappa shape index (κ1) is 23.6. The Morgan fingerprint density at radius 2 is 1.65 bits per heavy atom. The molecule has 0 unspecified atom stereocenters. The molecule has 0 saturated heterocycles. The van der Waals surface area contributed by atoms with Crippen molar-refractivity contribution in [1.82, 2.24) is 4.57 Å². The number of rotatable bonds is 7. The number of aromatic nitrogens is 1. The highest BCUT2D eigenvalue weighted by Gasteiger charge is 2.24. The van der Waals surface area contributed by atoms with Gasteiger partial charge in [0.05, 0.1) is 16.4 Å². The van der Waals surface area contributed by atoms with E-state index >= 15 is 0 Å². The Morgan fingerprint density at radius 3 is 2.35 bits per heavy atom. The first-order chi connectivity index (χ1) is 16.2. The third-order valence-electron chi connectivity index (χ3n) is 5.76. The number of carbonyl (C=O) groups excluding carboxylic acids is 1. The van der Waals surface area contributed by atoms with Crippen LogP contribution in [0, 0.1) is 18.6 Å². The maximum atomic E-state index is 14.2. The summed E-state index contributed by atoms with van der Waals surface area (Å²) >= 11 is 0. The molecule has 0 amide bonds. The van der Waals surface area contributed by atoms with E-state index in [4.69, 9.17) is 4.74 Å². The molecule has 0 saturated carbocycles. The first-order valence-corrected chi connectivity index (χ1v) is 12.2. The van der Waals surface area contributed by atoms with Crippen molar-refractivity contribution < 1.29 is 26.7 Å². The first-order valence-electron chi connectivity index (χ1n) is 10.7. The fourth-order valence-corrected chi connectivity index (χ4v) is 5.62. The van der Waals surface area contributed by atoms with E-state index in [2.05, 4.69) is 0 Å². The van der Waals surface area contributed by atoms with Crippen molar-refractivity contribution >= 4 is 26.7 Å². The molecule has 0 fully saturated rings. The largest absolute Gasteiger partial charge is 0.465 e. The molecule has 5 nitrogen and oxygen atoms in total. The van der Waals surface area contributed by atoms with Crippen molar-refractivity contribution in [1.29, 1.82) is 0 Å². The number of benzene rings is 3. The maximum absolute atomic E-state index is 14.2. The van der Waals surface area contributed by atoms with Gasteiger partial charge in [-0.15, -0.1) is 0 Å². The molecule has 0 radical (unpaired) electrons. The molecule has 0 atom stereocenters. The minimum atomic E-state index is -3.92. The van der Waals surface area contributed by atoms with Crippen LogP contribution in [0.25, 0.3) is 10.9 Å². The van der Waals surface area contributed by atoms with E-state index in [0.29, 0.717) is 27.7 Å². The minimum Gasteiger partial charge on any atom is -0.465 e. The second kappa shape index (κ2) is 9.38. The molecule has 0 aliphatic heterocycles. The molecule has 1 aromatic heterocycles. The van der Waals surface area contributed by atoms with Crippen molar-refractivity contribution in [2.45, 2.75) is 36.6 Å². The lowest BCUT2D eigenvalue weighted by atomic mass is 10.0. The van der Waals surface area contributed by atoms with Crippen molar-refractivity contribution in [2.24, 2.45) is 0 Å². The highest BCUT2D eigenvalue weighted by atomic mass is 32.2. The van der Waals surface area contributed by atoms with Crippen LogP contribution in [-0.4, -0.2) is 25.6 Å². The van der Waals surface area contributed by atoms with Crippen molar-refractivity contribution in [3.8, 4) is 0 Å². The van der Waals surface area contributed by atoms with Crippen LogP contribution in [0.4, 0.5) is 8.78 Å². The number of esters is 1. The van der Waals surface area contributed by atoms with Crippen LogP contribution in [0.2, 0.25) is 0 Å². The molecule has 0 bridgehead atoms. The van der Waals surface area contributed by atoms with Gasteiger partial charge >= 0.3 is 5.97 Å². The highest BCUT2D eigenvalue weighted by Crippen LogP contribution is 2.32. The molecular weight excluding hydrogens is 460 g/mol. The molecule has 34 heavy (non-hydrogen) atoms. The van der Waals surface area contributed by atoms with Crippen LogP contribution in [0.5, 0.6) is 0 Å². The topological polar surface area (TPSA) is 65.4 Å². The summed E-state index contributed by atoms with van der Waals surface area (Å²) in [6.45, 7) is 3.73. The molecule has 0 spiro atoms. The Kier molecular flexibility index (Phi) is 6.52. The Bertz CT molecular complexity index is 1470. The van der Waals surface area contributed by atoms with E-state index in [0.717, 1.165) is 12.1 Å². The van der Waals surface area contributed by atoms with E-state index in [-0.39, 0.29) is 29.4 Å². The quantitative estimate of drug-likeness (QED) is 0.267. The van der Waals surface area contributed by atoms with Crippen LogP contribution in [0.15, 0.2) is 76.5 Å². The van der Waals surface area contributed by atoms with Gasteiger partial charge < -0.3 is 9.30 Å².